The number of halogens is 1. The minimum Gasteiger partial charge on any atom is -0.483 e. The molecule has 0 unspecified atom stereocenters. The lowest BCUT2D eigenvalue weighted by Crippen LogP contribution is -2.50. The molecule has 0 bridgehead atoms. The zero-order chi connectivity index (χ0) is 22.1. The van der Waals surface area contributed by atoms with Gasteiger partial charge in [-0.2, -0.15) is 0 Å². The second kappa shape index (κ2) is 11.7. The van der Waals surface area contributed by atoms with Crippen molar-refractivity contribution in [3.05, 3.63) is 64.1 Å². The first-order valence-electron chi connectivity index (χ1n) is 10.4. The Morgan fingerprint density at radius 2 is 1.80 bits per heavy atom. The summed E-state index contributed by atoms with van der Waals surface area (Å²) in [6, 6.07) is 15.2. The van der Waals surface area contributed by atoms with Crippen LogP contribution in [0.5, 0.6) is 5.75 Å². The third-order valence-corrected chi connectivity index (χ3v) is 5.60. The van der Waals surface area contributed by atoms with Gasteiger partial charge < -0.3 is 15.0 Å². The number of benzene rings is 2. The van der Waals surface area contributed by atoms with Crippen LogP contribution in [0.15, 0.2) is 53.0 Å². The van der Waals surface area contributed by atoms with Crippen LogP contribution in [0.3, 0.4) is 0 Å². The number of nitrogens with one attached hydrogen (secondary N) is 1. The molecule has 2 aromatic rings. The van der Waals surface area contributed by atoms with Gasteiger partial charge in [0.25, 0.3) is 5.91 Å². The van der Waals surface area contributed by atoms with Gasteiger partial charge in [0.2, 0.25) is 5.91 Å². The van der Waals surface area contributed by atoms with E-state index in [0.29, 0.717) is 31.2 Å². The maximum atomic E-state index is 13.0. The van der Waals surface area contributed by atoms with Crippen LogP contribution < -0.4 is 10.1 Å². The Bertz CT molecular complexity index is 840. The molecule has 2 aromatic carbocycles. The molecule has 0 aliphatic heterocycles. The lowest BCUT2D eigenvalue weighted by atomic mass is 10.0. The van der Waals surface area contributed by atoms with Crippen molar-refractivity contribution in [3.63, 3.8) is 0 Å². The van der Waals surface area contributed by atoms with Crippen molar-refractivity contribution in [1.29, 1.82) is 0 Å². The van der Waals surface area contributed by atoms with E-state index < -0.39 is 6.04 Å². The van der Waals surface area contributed by atoms with Gasteiger partial charge in [-0.3, -0.25) is 9.59 Å². The van der Waals surface area contributed by atoms with Gasteiger partial charge in [0.05, 0.1) is 4.47 Å². The average molecular weight is 475 g/mol. The molecule has 6 heteroatoms. The van der Waals surface area contributed by atoms with E-state index in [4.69, 9.17) is 4.74 Å². The Morgan fingerprint density at radius 1 is 1.10 bits per heavy atom. The molecule has 1 atom stereocenters. The molecule has 0 spiro atoms. The summed E-state index contributed by atoms with van der Waals surface area (Å²) >= 11 is 3.52. The zero-order valence-electron chi connectivity index (χ0n) is 18.2. The molecule has 0 radical (unpaired) electrons. The first-order chi connectivity index (χ1) is 14.3. The summed E-state index contributed by atoms with van der Waals surface area (Å²) in [5, 5.41) is 2.80. The molecule has 5 nitrogen and oxygen atoms in total. The van der Waals surface area contributed by atoms with Crippen LogP contribution >= 0.6 is 15.9 Å². The predicted octanol–water partition coefficient (Wildman–Crippen LogP) is 4.55. The zero-order valence-corrected chi connectivity index (χ0v) is 19.7. The van der Waals surface area contributed by atoms with Crippen molar-refractivity contribution < 1.29 is 14.3 Å². The van der Waals surface area contributed by atoms with Gasteiger partial charge >= 0.3 is 0 Å². The third kappa shape index (κ3) is 6.87. The van der Waals surface area contributed by atoms with Gasteiger partial charge in [-0.15, -0.1) is 0 Å². The highest BCUT2D eigenvalue weighted by Gasteiger charge is 2.26. The van der Waals surface area contributed by atoms with Crippen molar-refractivity contribution >= 4 is 27.7 Å². The van der Waals surface area contributed by atoms with E-state index in [-0.39, 0.29) is 18.4 Å². The number of rotatable bonds is 10. The molecule has 0 saturated carbocycles. The summed E-state index contributed by atoms with van der Waals surface area (Å²) < 4.78 is 6.60. The van der Waals surface area contributed by atoms with Gasteiger partial charge in [0, 0.05) is 13.1 Å². The highest BCUT2D eigenvalue weighted by Crippen LogP contribution is 2.29. The lowest BCUT2D eigenvalue weighted by Gasteiger charge is -2.28. The number of amides is 2. The van der Waals surface area contributed by atoms with Crippen molar-refractivity contribution in [3.8, 4) is 5.75 Å². The summed E-state index contributed by atoms with van der Waals surface area (Å²) in [6.45, 7) is 8.70. The molecular weight excluding hydrogens is 444 g/mol. The van der Waals surface area contributed by atoms with Crippen molar-refractivity contribution in [2.24, 2.45) is 0 Å². The maximum Gasteiger partial charge on any atom is 0.261 e. The van der Waals surface area contributed by atoms with Crippen molar-refractivity contribution in [2.45, 2.75) is 46.1 Å². The Morgan fingerprint density at radius 3 is 2.40 bits per heavy atom. The Hall–Kier alpha value is -2.34. The number of hydrogen-bond acceptors (Lipinski definition) is 3. The molecule has 1 N–H and O–H groups in total. The van der Waals surface area contributed by atoms with E-state index in [1.165, 1.54) is 5.56 Å². The quantitative estimate of drug-likeness (QED) is 0.549. The van der Waals surface area contributed by atoms with Gasteiger partial charge in [0.1, 0.15) is 11.8 Å². The summed E-state index contributed by atoms with van der Waals surface area (Å²) in [7, 11) is 0. The van der Waals surface area contributed by atoms with Gasteiger partial charge in [0.15, 0.2) is 6.61 Å². The monoisotopic (exact) mass is 474 g/mol. The van der Waals surface area contributed by atoms with Crippen LogP contribution in [0.25, 0.3) is 0 Å². The number of carbonyl (C=O) groups excluding carboxylic acids is 2. The lowest BCUT2D eigenvalue weighted by molar-refractivity contribution is -0.141. The van der Waals surface area contributed by atoms with Crippen LogP contribution in [-0.2, 0) is 16.0 Å². The average Bonchev–Trinajstić information content (AvgIpc) is 2.73. The molecule has 0 fully saturated rings. The van der Waals surface area contributed by atoms with Gasteiger partial charge in [-0.25, -0.2) is 0 Å². The fraction of sp³-hybridized carbons (Fsp3) is 0.417. The van der Waals surface area contributed by atoms with E-state index >= 15 is 0 Å². The molecule has 0 saturated heterocycles. The van der Waals surface area contributed by atoms with E-state index in [0.717, 1.165) is 10.0 Å². The highest BCUT2D eigenvalue weighted by atomic mass is 79.9. The van der Waals surface area contributed by atoms with Gasteiger partial charge in [-0.05, 0) is 65.4 Å². The molecule has 2 rings (SSSR count). The van der Waals surface area contributed by atoms with E-state index in [1.54, 1.807) is 11.8 Å². The number of hydrogen-bond donors (Lipinski definition) is 1. The third-order valence-electron chi connectivity index (χ3n) is 4.98. The van der Waals surface area contributed by atoms with Crippen LogP contribution in [0, 0.1) is 0 Å². The predicted molar refractivity (Wildman–Crippen MR) is 124 cm³/mol. The fourth-order valence-corrected chi connectivity index (χ4v) is 3.62. The Labute approximate surface area is 187 Å². The largest absolute Gasteiger partial charge is 0.483 e. The smallest absolute Gasteiger partial charge is 0.261 e. The number of likely N-dealkylation sites (N-methyl/N-ethyl adjacent to an activating group) is 1. The van der Waals surface area contributed by atoms with Crippen LogP contribution in [-0.4, -0.2) is 42.5 Å². The van der Waals surface area contributed by atoms with E-state index in [2.05, 4.69) is 35.1 Å². The first-order valence-corrected chi connectivity index (χ1v) is 11.2. The number of nitrogens with zero attached hydrogens (tertiary/aromatic N) is 1. The first kappa shape index (κ1) is 23.9. The van der Waals surface area contributed by atoms with E-state index in [1.807, 2.05) is 55.5 Å². The van der Waals surface area contributed by atoms with Gasteiger partial charge in [-0.1, -0.05) is 50.2 Å². The number of carbonyl (C=O) groups is 2. The second-order valence-electron chi connectivity index (χ2n) is 7.53. The maximum absolute atomic E-state index is 13.0. The van der Waals surface area contributed by atoms with Crippen molar-refractivity contribution in [2.75, 3.05) is 19.7 Å². The molecule has 0 aliphatic rings. The van der Waals surface area contributed by atoms with E-state index in [9.17, 15) is 9.59 Å². The topological polar surface area (TPSA) is 58.6 Å². The number of ether oxygens (including phenoxy) is 1. The summed E-state index contributed by atoms with van der Waals surface area (Å²) in [5.41, 5.74) is 2.31. The SMILES string of the molecule is CCNC(=O)[C@@H](C)N(CCc1ccccc1)C(=O)COc1ccc(C(C)C)cc1Br. The normalized spacial score (nSPS) is 11.8. The molecule has 0 aromatic heterocycles. The molecule has 30 heavy (non-hydrogen) atoms. The van der Waals surface area contributed by atoms with Crippen LogP contribution in [0.1, 0.15) is 44.7 Å². The standard InChI is InChI=1S/C24H31BrN2O3/c1-5-26-24(29)18(4)27(14-13-19-9-7-6-8-10-19)23(28)16-30-22-12-11-20(17(2)3)15-21(22)25/h6-12,15,17-18H,5,13-14,16H2,1-4H3,(H,26,29)/t18-/m1/s1. The molecule has 2 amide bonds. The summed E-state index contributed by atoms with van der Waals surface area (Å²) in [6.07, 6.45) is 0.670. The van der Waals surface area contributed by atoms with Crippen molar-refractivity contribution in [1.82, 2.24) is 10.2 Å². The van der Waals surface area contributed by atoms with Crippen LogP contribution in [0.4, 0.5) is 0 Å². The molecule has 0 heterocycles. The highest BCUT2D eigenvalue weighted by molar-refractivity contribution is 9.10. The fourth-order valence-electron chi connectivity index (χ4n) is 3.11. The minimum atomic E-state index is -0.573. The Balaban J connectivity index is 2.08. The van der Waals surface area contributed by atoms with Crippen LogP contribution in [0.2, 0.25) is 0 Å². The Kier molecular flexibility index (Phi) is 9.37. The molecule has 162 valence electrons. The molecule has 0 aliphatic carbocycles. The summed E-state index contributed by atoms with van der Waals surface area (Å²) in [4.78, 5) is 26.9. The summed E-state index contributed by atoms with van der Waals surface area (Å²) in [5.74, 6) is 0.635. The minimum absolute atomic E-state index is 0.127. The molecular formula is C24H31BrN2O3. The second-order valence-corrected chi connectivity index (χ2v) is 8.38.